The van der Waals surface area contributed by atoms with E-state index in [0.29, 0.717) is 0 Å². The number of piperazine rings is 1. The van der Waals surface area contributed by atoms with Gasteiger partial charge < -0.3 is 10.1 Å². The molecule has 0 bridgehead atoms. The van der Waals surface area contributed by atoms with Crippen molar-refractivity contribution in [2.45, 2.75) is 12.8 Å². The zero-order chi connectivity index (χ0) is 13.9. The van der Waals surface area contributed by atoms with E-state index in [1.54, 1.807) is 7.11 Å². The number of fused-ring (bicyclic) bond motifs is 1. The maximum Gasteiger partial charge on any atom is 0.122 e. The first-order valence-electron chi connectivity index (χ1n) is 7.27. The van der Waals surface area contributed by atoms with Gasteiger partial charge in [0.25, 0.3) is 0 Å². The highest BCUT2D eigenvalue weighted by molar-refractivity contribution is 6.32. The van der Waals surface area contributed by atoms with Crippen LogP contribution < -0.4 is 10.1 Å². The Morgan fingerprint density at radius 1 is 1.30 bits per heavy atom. The molecule has 1 saturated heterocycles. The fraction of sp³-hybridized carbons (Fsp3) is 0.500. The average Bonchev–Trinajstić information content (AvgIpc) is 2.49. The van der Waals surface area contributed by atoms with Gasteiger partial charge in [0.2, 0.25) is 0 Å². The zero-order valence-corrected chi connectivity index (χ0v) is 12.7. The van der Waals surface area contributed by atoms with Crippen LogP contribution in [0.1, 0.15) is 17.5 Å². The number of methoxy groups -OCH3 is 1. The molecule has 4 heteroatoms. The monoisotopic (exact) mass is 292 g/mol. The van der Waals surface area contributed by atoms with E-state index >= 15 is 0 Å². The smallest absolute Gasteiger partial charge is 0.122 e. The molecular formula is C16H21ClN2O. The predicted molar refractivity (Wildman–Crippen MR) is 83.6 cm³/mol. The van der Waals surface area contributed by atoms with E-state index in [-0.39, 0.29) is 0 Å². The second kappa shape index (κ2) is 6.17. The highest BCUT2D eigenvalue weighted by Gasteiger charge is 2.21. The number of hydrogen-bond donors (Lipinski definition) is 1. The summed E-state index contributed by atoms with van der Waals surface area (Å²) >= 11 is 6.46. The molecule has 2 aliphatic rings. The highest BCUT2D eigenvalue weighted by Crippen LogP contribution is 2.38. The van der Waals surface area contributed by atoms with Gasteiger partial charge in [-0.1, -0.05) is 17.7 Å². The van der Waals surface area contributed by atoms with Gasteiger partial charge >= 0.3 is 0 Å². The number of allylic oxidation sites excluding steroid dienone is 1. The summed E-state index contributed by atoms with van der Waals surface area (Å²) in [4.78, 5) is 2.49. The van der Waals surface area contributed by atoms with Crippen molar-refractivity contribution < 1.29 is 4.74 Å². The molecule has 1 aliphatic carbocycles. The molecule has 3 nitrogen and oxygen atoms in total. The Hall–Kier alpha value is -1.03. The van der Waals surface area contributed by atoms with Gasteiger partial charge in [-0.2, -0.15) is 0 Å². The fourth-order valence-corrected chi connectivity index (χ4v) is 3.43. The van der Waals surface area contributed by atoms with Crippen LogP contribution in [0, 0.1) is 0 Å². The summed E-state index contributed by atoms with van der Waals surface area (Å²) in [5.41, 5.74) is 3.83. The third-order valence-corrected chi connectivity index (χ3v) is 4.46. The van der Waals surface area contributed by atoms with Crippen LogP contribution in [0.4, 0.5) is 0 Å². The molecule has 1 aromatic carbocycles. The van der Waals surface area contributed by atoms with Gasteiger partial charge in [0.15, 0.2) is 0 Å². The van der Waals surface area contributed by atoms with Crippen LogP contribution in [0.2, 0.25) is 5.02 Å². The van der Waals surface area contributed by atoms with Crippen LogP contribution in [-0.4, -0.2) is 44.7 Å². The van der Waals surface area contributed by atoms with Crippen molar-refractivity contribution >= 4 is 17.2 Å². The lowest BCUT2D eigenvalue weighted by Crippen LogP contribution is -2.44. The second-order valence-corrected chi connectivity index (χ2v) is 5.80. The van der Waals surface area contributed by atoms with Crippen LogP contribution in [-0.2, 0) is 6.42 Å². The third kappa shape index (κ3) is 2.71. The van der Waals surface area contributed by atoms with Crippen molar-refractivity contribution in [1.29, 1.82) is 0 Å². The van der Waals surface area contributed by atoms with E-state index < -0.39 is 0 Å². The van der Waals surface area contributed by atoms with Crippen molar-refractivity contribution in [2.75, 3.05) is 39.8 Å². The first-order chi connectivity index (χ1) is 9.79. The minimum atomic E-state index is 0.849. The van der Waals surface area contributed by atoms with E-state index in [0.717, 1.165) is 56.3 Å². The molecule has 0 saturated carbocycles. The van der Waals surface area contributed by atoms with Crippen LogP contribution in [0.15, 0.2) is 18.2 Å². The normalized spacial score (nSPS) is 19.4. The third-order valence-electron chi connectivity index (χ3n) is 4.15. The summed E-state index contributed by atoms with van der Waals surface area (Å²) in [7, 11) is 1.73. The maximum atomic E-state index is 6.46. The molecule has 0 aromatic heterocycles. The van der Waals surface area contributed by atoms with Crippen molar-refractivity contribution in [3.63, 3.8) is 0 Å². The lowest BCUT2D eigenvalue weighted by Gasteiger charge is -2.30. The van der Waals surface area contributed by atoms with Gasteiger partial charge in [0.1, 0.15) is 5.75 Å². The molecule has 1 aliphatic heterocycles. The largest absolute Gasteiger partial charge is 0.496 e. The number of hydrogen-bond acceptors (Lipinski definition) is 3. The Morgan fingerprint density at radius 2 is 2.10 bits per heavy atom. The number of nitrogens with zero attached hydrogens (tertiary/aromatic N) is 1. The molecule has 0 atom stereocenters. The topological polar surface area (TPSA) is 24.5 Å². The zero-order valence-electron chi connectivity index (χ0n) is 11.9. The maximum absolute atomic E-state index is 6.46. The first-order valence-corrected chi connectivity index (χ1v) is 7.65. The lowest BCUT2D eigenvalue weighted by atomic mass is 9.89. The van der Waals surface area contributed by atoms with Gasteiger partial charge in [-0.05, 0) is 30.5 Å². The quantitative estimate of drug-likeness (QED) is 0.927. The lowest BCUT2D eigenvalue weighted by molar-refractivity contribution is 0.268. The van der Waals surface area contributed by atoms with Gasteiger partial charge in [-0.15, -0.1) is 0 Å². The van der Waals surface area contributed by atoms with Crippen LogP contribution >= 0.6 is 11.6 Å². The number of nitrogens with one attached hydrogen (secondary N) is 1. The minimum absolute atomic E-state index is 0.849. The molecule has 0 spiro atoms. The summed E-state index contributed by atoms with van der Waals surface area (Å²) in [5.74, 6) is 0.968. The van der Waals surface area contributed by atoms with E-state index in [4.69, 9.17) is 16.3 Å². The summed E-state index contributed by atoms with van der Waals surface area (Å²) < 4.78 is 5.50. The summed E-state index contributed by atoms with van der Waals surface area (Å²) in [6.07, 6.45) is 4.44. The SMILES string of the molecule is COc1ccc(Cl)c2c1CCC=C2CN1CCNCC1. The standard InChI is InChI=1S/C16H21ClN2O/c1-20-15-6-5-14(17)16-12(3-2-4-13(15)16)11-19-9-7-18-8-10-19/h3,5-6,18H,2,4,7-11H2,1H3. The van der Waals surface area contributed by atoms with Gasteiger partial charge in [0.05, 0.1) is 7.11 Å². The van der Waals surface area contributed by atoms with E-state index in [1.165, 1.54) is 16.7 Å². The van der Waals surface area contributed by atoms with Crippen molar-refractivity contribution in [2.24, 2.45) is 0 Å². The summed E-state index contributed by atoms with van der Waals surface area (Å²) in [5, 5.41) is 4.24. The van der Waals surface area contributed by atoms with Crippen molar-refractivity contribution in [3.05, 3.63) is 34.4 Å². The molecule has 108 valence electrons. The molecule has 1 fully saturated rings. The predicted octanol–water partition coefficient (Wildman–Crippen LogP) is 2.58. The molecule has 20 heavy (non-hydrogen) atoms. The molecule has 1 heterocycles. The summed E-state index contributed by atoms with van der Waals surface area (Å²) in [6.45, 7) is 5.35. The van der Waals surface area contributed by atoms with Crippen LogP contribution in [0.25, 0.3) is 5.57 Å². The number of rotatable bonds is 3. The van der Waals surface area contributed by atoms with E-state index in [1.807, 2.05) is 12.1 Å². The summed E-state index contributed by atoms with van der Waals surface area (Å²) in [6, 6.07) is 3.94. The Kier molecular flexibility index (Phi) is 4.29. The molecule has 0 unspecified atom stereocenters. The fourth-order valence-electron chi connectivity index (χ4n) is 3.13. The van der Waals surface area contributed by atoms with E-state index in [9.17, 15) is 0 Å². The van der Waals surface area contributed by atoms with E-state index in [2.05, 4.69) is 16.3 Å². The van der Waals surface area contributed by atoms with Crippen LogP contribution in [0.3, 0.4) is 0 Å². The Balaban J connectivity index is 1.89. The minimum Gasteiger partial charge on any atom is -0.496 e. The van der Waals surface area contributed by atoms with Gasteiger partial charge in [-0.25, -0.2) is 0 Å². The Morgan fingerprint density at radius 3 is 2.85 bits per heavy atom. The average molecular weight is 293 g/mol. The van der Waals surface area contributed by atoms with Gasteiger partial charge in [0, 0.05) is 48.9 Å². The molecule has 1 aromatic rings. The molecular weight excluding hydrogens is 272 g/mol. The Labute approximate surface area is 125 Å². The number of benzene rings is 1. The number of halogens is 1. The molecule has 0 radical (unpaired) electrons. The van der Waals surface area contributed by atoms with Gasteiger partial charge in [-0.3, -0.25) is 4.90 Å². The van der Waals surface area contributed by atoms with Crippen molar-refractivity contribution in [3.8, 4) is 5.75 Å². The van der Waals surface area contributed by atoms with Crippen LogP contribution in [0.5, 0.6) is 5.75 Å². The number of ether oxygens (including phenoxy) is 1. The molecule has 1 N–H and O–H groups in total. The second-order valence-electron chi connectivity index (χ2n) is 5.40. The Bertz CT molecular complexity index is 521. The van der Waals surface area contributed by atoms with Crippen molar-refractivity contribution in [1.82, 2.24) is 10.2 Å². The highest BCUT2D eigenvalue weighted by atomic mass is 35.5. The molecule has 0 amide bonds. The first kappa shape index (κ1) is 13.9. The molecule has 3 rings (SSSR count).